The largest absolute Gasteiger partial charge is 0.328 e. The van der Waals surface area contributed by atoms with Crippen LogP contribution in [-0.2, 0) is 6.54 Å². The number of nitrogens with zero attached hydrogens (tertiary/aromatic N) is 1. The molecule has 0 aliphatic rings. The van der Waals surface area contributed by atoms with E-state index in [1.54, 1.807) is 13.0 Å². The third kappa shape index (κ3) is 2.47. The lowest BCUT2D eigenvalue weighted by Gasteiger charge is -2.07. The number of rotatable bonds is 2. The van der Waals surface area contributed by atoms with E-state index in [1.807, 2.05) is 18.2 Å². The van der Waals surface area contributed by atoms with Gasteiger partial charge in [-0.15, -0.1) is 0 Å². The molecule has 1 aromatic carbocycles. The van der Waals surface area contributed by atoms with Gasteiger partial charge in [0.2, 0.25) is 0 Å². The summed E-state index contributed by atoms with van der Waals surface area (Å²) in [5.74, 6) is 0. The molecule has 0 fully saturated rings. The van der Waals surface area contributed by atoms with Crippen LogP contribution in [0, 0.1) is 6.92 Å². The maximum Gasteiger partial charge on any atom is 0.328 e. The van der Waals surface area contributed by atoms with Gasteiger partial charge in [-0.1, -0.05) is 29.8 Å². The predicted molar refractivity (Wildman–Crippen MR) is 66.6 cm³/mol. The highest BCUT2D eigenvalue weighted by Crippen LogP contribution is 2.15. The van der Waals surface area contributed by atoms with Crippen molar-refractivity contribution >= 4 is 11.6 Å². The van der Waals surface area contributed by atoms with Crippen LogP contribution in [0.2, 0.25) is 5.02 Å². The summed E-state index contributed by atoms with van der Waals surface area (Å²) in [6.45, 7) is 2.00. The number of aromatic amines is 1. The van der Waals surface area contributed by atoms with Crippen LogP contribution in [0.25, 0.3) is 0 Å². The Morgan fingerprint density at radius 2 is 2.00 bits per heavy atom. The third-order valence-electron chi connectivity index (χ3n) is 2.49. The summed E-state index contributed by atoms with van der Waals surface area (Å²) in [7, 11) is 0. The van der Waals surface area contributed by atoms with E-state index in [0.717, 1.165) is 5.56 Å². The molecule has 0 aliphatic carbocycles. The molecule has 0 saturated heterocycles. The van der Waals surface area contributed by atoms with Gasteiger partial charge in [-0.3, -0.25) is 14.3 Å². The van der Waals surface area contributed by atoms with E-state index >= 15 is 0 Å². The highest BCUT2D eigenvalue weighted by atomic mass is 35.5. The van der Waals surface area contributed by atoms with Crippen LogP contribution in [-0.4, -0.2) is 9.55 Å². The van der Waals surface area contributed by atoms with Crippen LogP contribution in [0.15, 0.2) is 40.1 Å². The molecule has 0 radical (unpaired) electrons. The number of hydrogen-bond donors (Lipinski definition) is 1. The molecule has 2 rings (SSSR count). The van der Waals surface area contributed by atoms with Gasteiger partial charge in [0.05, 0.1) is 6.54 Å². The highest BCUT2D eigenvalue weighted by Gasteiger charge is 2.04. The first-order valence-electron chi connectivity index (χ1n) is 5.11. The summed E-state index contributed by atoms with van der Waals surface area (Å²) >= 11 is 6.01. The fraction of sp³-hybridized carbons (Fsp3) is 0.167. The number of benzene rings is 1. The fourth-order valence-corrected chi connectivity index (χ4v) is 1.74. The summed E-state index contributed by atoms with van der Waals surface area (Å²) in [6.07, 6.45) is 1.53. The molecule has 4 nitrogen and oxygen atoms in total. The number of hydrogen-bond acceptors (Lipinski definition) is 2. The van der Waals surface area contributed by atoms with E-state index in [9.17, 15) is 9.59 Å². The zero-order valence-corrected chi connectivity index (χ0v) is 9.99. The molecule has 0 unspecified atom stereocenters. The Morgan fingerprint density at radius 1 is 1.29 bits per heavy atom. The standard InChI is InChI=1S/C12H11ClN2O2/c1-8-6-15(12(17)14-11(8)16)7-9-4-2-3-5-10(9)13/h2-6H,7H2,1H3,(H,14,16,17). The highest BCUT2D eigenvalue weighted by molar-refractivity contribution is 6.31. The van der Waals surface area contributed by atoms with E-state index in [0.29, 0.717) is 17.1 Å². The number of halogens is 1. The number of aryl methyl sites for hydroxylation is 1. The van der Waals surface area contributed by atoms with Gasteiger partial charge in [0.1, 0.15) is 0 Å². The SMILES string of the molecule is Cc1cn(Cc2ccccc2Cl)c(=O)[nH]c1=O. The minimum atomic E-state index is -0.430. The summed E-state index contributed by atoms with van der Waals surface area (Å²) in [5.41, 5.74) is 0.547. The molecule has 1 aromatic heterocycles. The molecule has 5 heteroatoms. The molecule has 2 aromatic rings. The lowest BCUT2D eigenvalue weighted by molar-refractivity contribution is 0.714. The van der Waals surface area contributed by atoms with Crippen molar-refractivity contribution in [3.8, 4) is 0 Å². The molecule has 0 aliphatic heterocycles. The molecular weight excluding hydrogens is 240 g/mol. The van der Waals surface area contributed by atoms with Crippen molar-refractivity contribution in [2.75, 3.05) is 0 Å². The van der Waals surface area contributed by atoms with E-state index < -0.39 is 5.69 Å². The smallest absolute Gasteiger partial charge is 0.296 e. The van der Waals surface area contributed by atoms with Gasteiger partial charge in [0.15, 0.2) is 0 Å². The average molecular weight is 251 g/mol. The Morgan fingerprint density at radius 3 is 2.71 bits per heavy atom. The van der Waals surface area contributed by atoms with Gasteiger partial charge in [0.25, 0.3) is 5.56 Å². The molecule has 0 saturated carbocycles. The second kappa shape index (κ2) is 4.59. The zero-order valence-electron chi connectivity index (χ0n) is 9.24. The van der Waals surface area contributed by atoms with Crippen molar-refractivity contribution < 1.29 is 0 Å². The molecule has 0 bridgehead atoms. The van der Waals surface area contributed by atoms with Crippen LogP contribution >= 0.6 is 11.6 Å². The first-order valence-corrected chi connectivity index (χ1v) is 5.49. The van der Waals surface area contributed by atoms with Crippen molar-refractivity contribution in [2.45, 2.75) is 13.5 Å². The molecule has 0 amide bonds. The van der Waals surface area contributed by atoms with Crippen molar-refractivity contribution in [1.82, 2.24) is 9.55 Å². The first-order chi connectivity index (χ1) is 8.08. The summed E-state index contributed by atoms with van der Waals surface area (Å²) < 4.78 is 1.43. The minimum absolute atomic E-state index is 0.343. The van der Waals surface area contributed by atoms with Crippen molar-refractivity contribution in [1.29, 1.82) is 0 Å². The van der Waals surface area contributed by atoms with E-state index in [2.05, 4.69) is 4.98 Å². The quantitative estimate of drug-likeness (QED) is 0.879. The second-order valence-corrected chi connectivity index (χ2v) is 4.20. The number of H-pyrrole nitrogens is 1. The topological polar surface area (TPSA) is 54.9 Å². The van der Waals surface area contributed by atoms with Crippen LogP contribution in [0.4, 0.5) is 0 Å². The third-order valence-corrected chi connectivity index (χ3v) is 2.86. The summed E-state index contributed by atoms with van der Waals surface area (Å²) in [4.78, 5) is 25.0. The lowest BCUT2D eigenvalue weighted by Crippen LogP contribution is -2.31. The molecular formula is C12H11ClN2O2. The predicted octanol–water partition coefficient (Wildman–Crippen LogP) is 1.55. The average Bonchev–Trinajstić information content (AvgIpc) is 2.29. The number of nitrogens with one attached hydrogen (secondary N) is 1. The maximum atomic E-state index is 11.6. The van der Waals surface area contributed by atoms with Gasteiger partial charge in [0, 0.05) is 16.8 Å². The normalized spacial score (nSPS) is 10.5. The number of aromatic nitrogens is 2. The maximum absolute atomic E-state index is 11.6. The van der Waals surface area contributed by atoms with Crippen LogP contribution in [0.3, 0.4) is 0 Å². The fourth-order valence-electron chi connectivity index (χ4n) is 1.55. The Balaban J connectivity index is 2.44. The molecule has 0 spiro atoms. The molecule has 88 valence electrons. The van der Waals surface area contributed by atoms with Gasteiger partial charge < -0.3 is 0 Å². The Bertz CT molecular complexity index is 658. The Labute approximate surface area is 102 Å². The first kappa shape index (κ1) is 11.7. The van der Waals surface area contributed by atoms with Crippen molar-refractivity contribution in [3.05, 3.63) is 67.4 Å². The van der Waals surface area contributed by atoms with Crippen molar-refractivity contribution in [2.24, 2.45) is 0 Å². The van der Waals surface area contributed by atoms with Crippen molar-refractivity contribution in [3.63, 3.8) is 0 Å². The summed E-state index contributed by atoms with van der Waals surface area (Å²) in [6, 6.07) is 7.28. The Hall–Kier alpha value is -1.81. The van der Waals surface area contributed by atoms with Gasteiger partial charge >= 0.3 is 5.69 Å². The molecule has 1 N–H and O–H groups in total. The van der Waals surface area contributed by atoms with E-state index in [-0.39, 0.29) is 5.56 Å². The lowest BCUT2D eigenvalue weighted by atomic mass is 10.2. The van der Waals surface area contributed by atoms with Gasteiger partial charge in [-0.05, 0) is 18.6 Å². The molecule has 17 heavy (non-hydrogen) atoms. The molecule has 1 heterocycles. The molecule has 0 atom stereocenters. The van der Waals surface area contributed by atoms with Crippen LogP contribution in [0.1, 0.15) is 11.1 Å². The zero-order chi connectivity index (χ0) is 12.4. The van der Waals surface area contributed by atoms with Crippen LogP contribution in [0.5, 0.6) is 0 Å². The van der Waals surface area contributed by atoms with Gasteiger partial charge in [-0.2, -0.15) is 0 Å². The van der Waals surface area contributed by atoms with E-state index in [4.69, 9.17) is 11.6 Å². The summed E-state index contributed by atoms with van der Waals surface area (Å²) in [5, 5.41) is 0.600. The van der Waals surface area contributed by atoms with E-state index in [1.165, 1.54) is 10.8 Å². The Kier molecular flexibility index (Phi) is 3.15. The minimum Gasteiger partial charge on any atom is -0.296 e. The monoisotopic (exact) mass is 250 g/mol. The van der Waals surface area contributed by atoms with Crippen LogP contribution < -0.4 is 11.2 Å². The second-order valence-electron chi connectivity index (χ2n) is 3.79. The van der Waals surface area contributed by atoms with Gasteiger partial charge in [-0.25, -0.2) is 4.79 Å².